The van der Waals surface area contributed by atoms with Gasteiger partial charge in [0.1, 0.15) is 0 Å². The molecule has 1 aliphatic heterocycles. The molecule has 162 valence electrons. The van der Waals surface area contributed by atoms with Crippen molar-refractivity contribution in [1.29, 1.82) is 0 Å². The SMILES string of the molecule is CCCCCCCCCC(F)(F)[C@H]1CC(c2ccc(Br)cc2)=N[C@@H]1C(=O)OCC. The largest absolute Gasteiger partial charge is 0.464 e. The van der Waals surface area contributed by atoms with Gasteiger partial charge in [-0.3, -0.25) is 4.99 Å². The first-order valence-corrected chi connectivity index (χ1v) is 11.6. The molecule has 0 aliphatic carbocycles. The molecular formula is C23H32BrF2NO2. The third kappa shape index (κ3) is 7.16. The molecule has 0 spiro atoms. The van der Waals surface area contributed by atoms with Gasteiger partial charge in [0.2, 0.25) is 0 Å². The highest BCUT2D eigenvalue weighted by molar-refractivity contribution is 9.10. The van der Waals surface area contributed by atoms with Crippen molar-refractivity contribution in [2.24, 2.45) is 10.9 Å². The van der Waals surface area contributed by atoms with Gasteiger partial charge in [0.15, 0.2) is 6.04 Å². The second-order valence-electron chi connectivity index (χ2n) is 7.72. The maximum absolute atomic E-state index is 15.1. The standard InChI is InChI=1S/C23H32BrF2NO2/c1-3-5-6-7-8-9-10-15-23(25,26)19-16-20(17-11-13-18(24)14-12-17)27-21(19)22(28)29-4-2/h11-14,19,21H,3-10,15-16H2,1-2H3/t19-,21-/m0/s1. The molecule has 2 rings (SSSR count). The molecule has 0 bridgehead atoms. The maximum Gasteiger partial charge on any atom is 0.331 e. The third-order valence-electron chi connectivity index (χ3n) is 5.45. The van der Waals surface area contributed by atoms with Crippen molar-refractivity contribution < 1.29 is 18.3 Å². The molecule has 0 saturated heterocycles. The Morgan fingerprint density at radius 1 is 1.10 bits per heavy atom. The molecule has 0 aromatic heterocycles. The van der Waals surface area contributed by atoms with Gasteiger partial charge in [-0.05, 0) is 31.0 Å². The van der Waals surface area contributed by atoms with Crippen LogP contribution in [0.3, 0.4) is 0 Å². The molecule has 1 heterocycles. The van der Waals surface area contributed by atoms with Crippen LogP contribution in [0.5, 0.6) is 0 Å². The summed E-state index contributed by atoms with van der Waals surface area (Å²) < 4.78 is 36.1. The van der Waals surface area contributed by atoms with Gasteiger partial charge in [-0.2, -0.15) is 0 Å². The minimum atomic E-state index is -2.94. The van der Waals surface area contributed by atoms with Crippen LogP contribution in [0.4, 0.5) is 8.78 Å². The van der Waals surface area contributed by atoms with Gasteiger partial charge in [-0.1, -0.05) is 73.5 Å². The summed E-state index contributed by atoms with van der Waals surface area (Å²) in [6.45, 7) is 4.00. The topological polar surface area (TPSA) is 38.7 Å². The van der Waals surface area contributed by atoms with Gasteiger partial charge in [-0.15, -0.1) is 0 Å². The van der Waals surface area contributed by atoms with E-state index in [1.165, 1.54) is 19.3 Å². The summed E-state index contributed by atoms with van der Waals surface area (Å²) in [5.74, 6) is -4.73. The summed E-state index contributed by atoms with van der Waals surface area (Å²) in [4.78, 5) is 16.7. The molecule has 1 aromatic carbocycles. The lowest BCUT2D eigenvalue weighted by Crippen LogP contribution is -2.39. The molecule has 2 atom stereocenters. The summed E-state index contributed by atoms with van der Waals surface area (Å²) >= 11 is 3.37. The number of aliphatic imine (C=N–C) groups is 1. The number of carbonyl (C=O) groups is 1. The lowest BCUT2D eigenvalue weighted by Gasteiger charge is -2.26. The minimum absolute atomic E-state index is 0.0919. The predicted octanol–water partition coefficient (Wildman–Crippen LogP) is 6.97. The number of nitrogens with zero attached hydrogens (tertiary/aromatic N) is 1. The monoisotopic (exact) mass is 471 g/mol. The van der Waals surface area contributed by atoms with Crippen molar-refractivity contribution in [3.63, 3.8) is 0 Å². The fraction of sp³-hybridized carbons (Fsp3) is 0.652. The van der Waals surface area contributed by atoms with Crippen molar-refractivity contribution in [2.45, 2.75) is 83.6 Å². The summed E-state index contributed by atoms with van der Waals surface area (Å²) in [5.41, 5.74) is 1.33. The summed E-state index contributed by atoms with van der Waals surface area (Å²) in [6.07, 6.45) is 6.80. The third-order valence-corrected chi connectivity index (χ3v) is 5.98. The number of rotatable bonds is 12. The smallest absolute Gasteiger partial charge is 0.331 e. The molecule has 0 unspecified atom stereocenters. The van der Waals surface area contributed by atoms with Gasteiger partial charge < -0.3 is 4.74 Å². The molecular weight excluding hydrogens is 440 g/mol. The van der Waals surface area contributed by atoms with Crippen LogP contribution in [0, 0.1) is 5.92 Å². The van der Waals surface area contributed by atoms with E-state index in [1.807, 2.05) is 24.3 Å². The van der Waals surface area contributed by atoms with Crippen molar-refractivity contribution in [2.75, 3.05) is 6.61 Å². The highest BCUT2D eigenvalue weighted by Crippen LogP contribution is 2.41. The zero-order chi connectivity index (χ0) is 21.3. The zero-order valence-corrected chi connectivity index (χ0v) is 19.0. The van der Waals surface area contributed by atoms with Gasteiger partial charge in [0, 0.05) is 23.0 Å². The number of benzene rings is 1. The molecule has 0 amide bonds. The number of hydrogen-bond acceptors (Lipinski definition) is 3. The number of hydrogen-bond donors (Lipinski definition) is 0. The van der Waals surface area contributed by atoms with Crippen molar-refractivity contribution in [3.8, 4) is 0 Å². The molecule has 6 heteroatoms. The minimum Gasteiger partial charge on any atom is -0.464 e. The van der Waals surface area contributed by atoms with Crippen LogP contribution in [0.15, 0.2) is 33.7 Å². The Bertz CT molecular complexity index is 676. The van der Waals surface area contributed by atoms with E-state index >= 15 is 8.78 Å². The molecule has 1 aliphatic rings. The van der Waals surface area contributed by atoms with Crippen LogP contribution in [0.2, 0.25) is 0 Å². The first kappa shape index (κ1) is 24.0. The molecule has 3 nitrogen and oxygen atoms in total. The summed E-state index contributed by atoms with van der Waals surface area (Å²) in [7, 11) is 0. The normalized spacial score (nSPS) is 19.3. The second kappa shape index (κ2) is 11.8. The average Bonchev–Trinajstić information content (AvgIpc) is 3.15. The van der Waals surface area contributed by atoms with E-state index in [1.54, 1.807) is 6.92 Å². The number of ether oxygens (including phenoxy) is 1. The quantitative estimate of drug-likeness (QED) is 0.244. The summed E-state index contributed by atoms with van der Waals surface area (Å²) in [5, 5.41) is 0. The van der Waals surface area contributed by atoms with Crippen LogP contribution in [-0.4, -0.2) is 30.3 Å². The Hall–Kier alpha value is -1.30. The maximum atomic E-state index is 15.1. The van der Waals surface area contributed by atoms with E-state index in [-0.39, 0.29) is 19.4 Å². The number of unbranched alkanes of at least 4 members (excludes halogenated alkanes) is 6. The van der Waals surface area contributed by atoms with E-state index in [2.05, 4.69) is 27.8 Å². The van der Waals surface area contributed by atoms with Crippen LogP contribution in [0.25, 0.3) is 0 Å². The van der Waals surface area contributed by atoms with E-state index in [4.69, 9.17) is 4.74 Å². The zero-order valence-electron chi connectivity index (χ0n) is 17.4. The number of esters is 1. The lowest BCUT2D eigenvalue weighted by atomic mass is 9.87. The molecule has 1 aromatic rings. The first-order valence-electron chi connectivity index (χ1n) is 10.8. The molecule has 29 heavy (non-hydrogen) atoms. The Labute approximate surface area is 181 Å². The Morgan fingerprint density at radius 2 is 1.72 bits per heavy atom. The van der Waals surface area contributed by atoms with Crippen LogP contribution in [0.1, 0.15) is 77.2 Å². The summed E-state index contributed by atoms with van der Waals surface area (Å²) in [6, 6.07) is 6.24. The van der Waals surface area contributed by atoms with E-state index in [0.29, 0.717) is 12.1 Å². The fourth-order valence-electron chi connectivity index (χ4n) is 3.79. The molecule has 0 saturated carbocycles. The number of carbonyl (C=O) groups excluding carboxylic acids is 1. The van der Waals surface area contributed by atoms with Crippen molar-refractivity contribution >= 4 is 27.6 Å². The number of halogens is 3. The Balaban J connectivity index is 2.02. The van der Waals surface area contributed by atoms with E-state index < -0.39 is 23.9 Å². The fourth-order valence-corrected chi connectivity index (χ4v) is 4.06. The number of alkyl halides is 2. The molecule has 0 radical (unpaired) electrons. The lowest BCUT2D eigenvalue weighted by molar-refractivity contribution is -0.151. The average molecular weight is 472 g/mol. The van der Waals surface area contributed by atoms with Crippen LogP contribution < -0.4 is 0 Å². The second-order valence-corrected chi connectivity index (χ2v) is 8.64. The van der Waals surface area contributed by atoms with Gasteiger partial charge in [-0.25, -0.2) is 13.6 Å². The first-order chi connectivity index (χ1) is 13.9. The van der Waals surface area contributed by atoms with Crippen molar-refractivity contribution in [1.82, 2.24) is 0 Å². The van der Waals surface area contributed by atoms with E-state index in [9.17, 15) is 4.79 Å². The van der Waals surface area contributed by atoms with Crippen LogP contribution >= 0.6 is 15.9 Å². The molecule has 0 N–H and O–H groups in total. The van der Waals surface area contributed by atoms with Gasteiger partial charge in [0.05, 0.1) is 12.5 Å². The van der Waals surface area contributed by atoms with Gasteiger partial charge in [0.25, 0.3) is 5.92 Å². The van der Waals surface area contributed by atoms with Crippen molar-refractivity contribution in [3.05, 3.63) is 34.3 Å². The predicted molar refractivity (Wildman–Crippen MR) is 117 cm³/mol. The highest BCUT2D eigenvalue weighted by atomic mass is 79.9. The van der Waals surface area contributed by atoms with E-state index in [0.717, 1.165) is 29.3 Å². The Morgan fingerprint density at radius 3 is 2.34 bits per heavy atom. The van der Waals surface area contributed by atoms with Gasteiger partial charge >= 0.3 is 5.97 Å². The van der Waals surface area contributed by atoms with Crippen LogP contribution in [-0.2, 0) is 9.53 Å². The Kier molecular flexibility index (Phi) is 9.73. The molecule has 0 fully saturated rings. The highest BCUT2D eigenvalue weighted by Gasteiger charge is 2.50.